The summed E-state index contributed by atoms with van der Waals surface area (Å²) in [5.74, 6) is -0.473. The predicted molar refractivity (Wildman–Crippen MR) is 95.3 cm³/mol. The third kappa shape index (κ3) is 3.01. The highest BCUT2D eigenvalue weighted by molar-refractivity contribution is 6.10. The summed E-state index contributed by atoms with van der Waals surface area (Å²) >= 11 is 0. The van der Waals surface area contributed by atoms with E-state index in [-0.39, 0.29) is 18.4 Å². The molecule has 25 heavy (non-hydrogen) atoms. The van der Waals surface area contributed by atoms with Crippen molar-refractivity contribution in [3.63, 3.8) is 0 Å². The summed E-state index contributed by atoms with van der Waals surface area (Å²) in [6.45, 7) is 4.38. The zero-order valence-corrected chi connectivity index (χ0v) is 14.9. The van der Waals surface area contributed by atoms with E-state index in [0.717, 1.165) is 35.4 Å². The van der Waals surface area contributed by atoms with Gasteiger partial charge in [-0.1, -0.05) is 44.9 Å². The Labute approximate surface area is 148 Å². The first-order valence-electron chi connectivity index (χ1n) is 9.05. The molecule has 4 amide bonds. The quantitative estimate of drug-likeness (QED) is 0.807. The van der Waals surface area contributed by atoms with Gasteiger partial charge in [0.05, 0.1) is 0 Å². The number of nitrogens with zero attached hydrogens (tertiary/aromatic N) is 2. The van der Waals surface area contributed by atoms with Crippen LogP contribution in [0.25, 0.3) is 0 Å². The summed E-state index contributed by atoms with van der Waals surface area (Å²) in [7, 11) is 0. The van der Waals surface area contributed by atoms with Crippen LogP contribution >= 0.6 is 0 Å². The number of fused-ring (bicyclic) bond motifs is 1. The topological polar surface area (TPSA) is 69.7 Å². The van der Waals surface area contributed by atoms with Gasteiger partial charge in [0.15, 0.2) is 0 Å². The Morgan fingerprint density at radius 3 is 2.52 bits per heavy atom. The Balaban J connectivity index is 1.76. The SMILES string of the molecule is CCCC1(CCC)NC(=O)N(CC(=O)N2CCc3ccccc32)C1=O. The zero-order chi connectivity index (χ0) is 18.0. The first-order valence-corrected chi connectivity index (χ1v) is 9.05. The number of carbonyl (C=O) groups excluding carboxylic acids is 3. The second kappa shape index (κ2) is 6.86. The van der Waals surface area contributed by atoms with Crippen LogP contribution in [0.5, 0.6) is 0 Å². The molecule has 1 N–H and O–H groups in total. The largest absolute Gasteiger partial charge is 0.325 e. The minimum Gasteiger partial charge on any atom is -0.323 e. The van der Waals surface area contributed by atoms with Gasteiger partial charge in [0, 0.05) is 12.2 Å². The lowest BCUT2D eigenvalue weighted by molar-refractivity contribution is -0.134. The number of para-hydroxylation sites is 1. The summed E-state index contributed by atoms with van der Waals surface area (Å²) in [5, 5.41) is 2.85. The van der Waals surface area contributed by atoms with Crippen molar-refractivity contribution in [1.82, 2.24) is 10.2 Å². The lowest BCUT2D eigenvalue weighted by Gasteiger charge is -2.26. The number of urea groups is 1. The van der Waals surface area contributed by atoms with E-state index in [2.05, 4.69) is 5.32 Å². The molecule has 2 heterocycles. The van der Waals surface area contributed by atoms with E-state index in [1.807, 2.05) is 38.1 Å². The number of carbonyl (C=O) groups is 3. The molecule has 6 nitrogen and oxygen atoms in total. The van der Waals surface area contributed by atoms with Gasteiger partial charge < -0.3 is 10.2 Å². The number of benzene rings is 1. The predicted octanol–water partition coefficient (Wildman–Crippen LogP) is 2.47. The summed E-state index contributed by atoms with van der Waals surface area (Å²) in [6.07, 6.45) is 3.60. The van der Waals surface area contributed by atoms with Crippen LogP contribution < -0.4 is 10.2 Å². The number of hydrogen-bond acceptors (Lipinski definition) is 3. The van der Waals surface area contributed by atoms with Gasteiger partial charge in [-0.25, -0.2) is 4.79 Å². The van der Waals surface area contributed by atoms with Gasteiger partial charge in [-0.15, -0.1) is 0 Å². The summed E-state index contributed by atoms with van der Waals surface area (Å²) in [4.78, 5) is 40.8. The minimum atomic E-state index is -0.843. The van der Waals surface area contributed by atoms with E-state index in [1.54, 1.807) is 4.90 Å². The van der Waals surface area contributed by atoms with Gasteiger partial charge in [0.1, 0.15) is 12.1 Å². The van der Waals surface area contributed by atoms with Gasteiger partial charge in [-0.2, -0.15) is 0 Å². The molecule has 1 saturated heterocycles. The summed E-state index contributed by atoms with van der Waals surface area (Å²) in [6, 6.07) is 7.31. The smallest absolute Gasteiger partial charge is 0.323 e. The van der Waals surface area contributed by atoms with Crippen molar-refractivity contribution in [1.29, 1.82) is 0 Å². The fraction of sp³-hybridized carbons (Fsp3) is 0.526. The number of amides is 4. The maximum Gasteiger partial charge on any atom is 0.325 e. The van der Waals surface area contributed by atoms with Gasteiger partial charge in [0.25, 0.3) is 5.91 Å². The normalized spacial score (nSPS) is 18.5. The monoisotopic (exact) mass is 343 g/mol. The molecule has 3 rings (SSSR count). The van der Waals surface area contributed by atoms with Gasteiger partial charge in [-0.3, -0.25) is 14.5 Å². The first-order chi connectivity index (χ1) is 12.0. The highest BCUT2D eigenvalue weighted by Gasteiger charge is 2.50. The lowest BCUT2D eigenvalue weighted by atomic mass is 9.88. The van der Waals surface area contributed by atoms with E-state index in [4.69, 9.17) is 0 Å². The molecule has 0 spiro atoms. The van der Waals surface area contributed by atoms with Crippen LogP contribution in [-0.2, 0) is 16.0 Å². The number of nitrogens with one attached hydrogen (secondary N) is 1. The Kier molecular flexibility index (Phi) is 4.79. The van der Waals surface area contributed by atoms with E-state index < -0.39 is 11.6 Å². The van der Waals surface area contributed by atoms with Crippen LogP contribution in [-0.4, -0.2) is 41.4 Å². The molecule has 1 fully saturated rings. The highest BCUT2D eigenvalue weighted by Crippen LogP contribution is 2.30. The summed E-state index contributed by atoms with van der Waals surface area (Å²) in [5.41, 5.74) is 1.16. The van der Waals surface area contributed by atoms with Crippen molar-refractivity contribution >= 4 is 23.5 Å². The zero-order valence-electron chi connectivity index (χ0n) is 14.9. The average molecular weight is 343 g/mol. The van der Waals surface area contributed by atoms with Crippen LogP contribution in [0.3, 0.4) is 0 Å². The van der Waals surface area contributed by atoms with Crippen LogP contribution in [0.4, 0.5) is 10.5 Å². The van der Waals surface area contributed by atoms with Crippen LogP contribution in [0.15, 0.2) is 24.3 Å². The molecule has 1 aromatic carbocycles. The number of imide groups is 1. The second-order valence-corrected chi connectivity index (χ2v) is 6.83. The Morgan fingerprint density at radius 2 is 1.84 bits per heavy atom. The third-order valence-corrected chi connectivity index (χ3v) is 5.08. The molecule has 0 saturated carbocycles. The molecule has 0 atom stereocenters. The molecule has 0 radical (unpaired) electrons. The van der Waals surface area contributed by atoms with Crippen molar-refractivity contribution in [3.8, 4) is 0 Å². The summed E-state index contributed by atoms with van der Waals surface area (Å²) < 4.78 is 0. The van der Waals surface area contributed by atoms with Crippen LogP contribution in [0.2, 0.25) is 0 Å². The van der Waals surface area contributed by atoms with E-state index in [0.29, 0.717) is 19.4 Å². The van der Waals surface area contributed by atoms with Gasteiger partial charge in [0.2, 0.25) is 5.91 Å². The molecule has 134 valence electrons. The number of hydrogen-bond donors (Lipinski definition) is 1. The van der Waals surface area contributed by atoms with Crippen molar-refractivity contribution in [2.75, 3.05) is 18.0 Å². The molecule has 0 aromatic heterocycles. The van der Waals surface area contributed by atoms with Crippen LogP contribution in [0, 0.1) is 0 Å². The van der Waals surface area contributed by atoms with Crippen molar-refractivity contribution < 1.29 is 14.4 Å². The van der Waals surface area contributed by atoms with Crippen molar-refractivity contribution in [3.05, 3.63) is 29.8 Å². The van der Waals surface area contributed by atoms with Crippen LogP contribution in [0.1, 0.15) is 45.1 Å². The molecular weight excluding hydrogens is 318 g/mol. The Hall–Kier alpha value is -2.37. The first kappa shape index (κ1) is 17.5. The van der Waals surface area contributed by atoms with E-state index >= 15 is 0 Å². The minimum absolute atomic E-state index is 0.200. The maximum atomic E-state index is 12.9. The highest BCUT2D eigenvalue weighted by atomic mass is 16.2. The maximum absolute atomic E-state index is 12.9. The molecule has 0 unspecified atom stereocenters. The van der Waals surface area contributed by atoms with Gasteiger partial charge >= 0.3 is 6.03 Å². The molecule has 2 aliphatic heterocycles. The molecule has 2 aliphatic rings. The second-order valence-electron chi connectivity index (χ2n) is 6.83. The lowest BCUT2D eigenvalue weighted by Crippen LogP contribution is -2.47. The fourth-order valence-electron chi connectivity index (χ4n) is 3.96. The number of anilines is 1. The molecule has 0 bridgehead atoms. The molecule has 1 aromatic rings. The Bertz CT molecular complexity index is 695. The fourth-order valence-corrected chi connectivity index (χ4v) is 3.96. The Morgan fingerprint density at radius 1 is 1.16 bits per heavy atom. The van der Waals surface area contributed by atoms with Crippen molar-refractivity contribution in [2.45, 2.75) is 51.5 Å². The average Bonchev–Trinajstić information content (AvgIpc) is 3.11. The number of rotatable bonds is 6. The molecule has 6 heteroatoms. The van der Waals surface area contributed by atoms with Crippen molar-refractivity contribution in [2.24, 2.45) is 0 Å². The standard InChI is InChI=1S/C19H25N3O3/c1-3-10-19(11-4-2)17(24)22(18(25)20-19)13-16(23)21-12-9-14-7-5-6-8-15(14)21/h5-8H,3-4,9-13H2,1-2H3,(H,20,25). The van der Waals surface area contributed by atoms with E-state index in [9.17, 15) is 14.4 Å². The molecular formula is C19H25N3O3. The third-order valence-electron chi connectivity index (χ3n) is 5.08. The molecule has 0 aliphatic carbocycles. The van der Waals surface area contributed by atoms with E-state index in [1.165, 1.54) is 0 Å². The van der Waals surface area contributed by atoms with Gasteiger partial charge in [-0.05, 0) is 30.9 Å².